The first-order valence-corrected chi connectivity index (χ1v) is 29.9. The molecule has 10 rings (SSSR count). The van der Waals surface area contributed by atoms with Gasteiger partial charge in [-0.15, -0.1) is 0 Å². The van der Waals surface area contributed by atoms with E-state index >= 15 is 0 Å². The number of aliphatic carboxylic acids is 1. The summed E-state index contributed by atoms with van der Waals surface area (Å²) < 4.78 is 0. The standard InChI is InChI=1S/C74H81NO2/c1-8-14-40-72(41-15-9-2)63-26-22-20-24-57(63)59-37-33-54(48-66(59)72)70(55-34-38-60-58-25-21-23-27-64(58)73(42-16-10-3,43-17-11-4)67(60)49-55)56-35-39-62-61-36-32-53(52-30-28-51(29-31-52)46-69(75-7)71(76)77)47-65(61)74(44-18-12-5,45-19-13-6)68(62)50-56/h20-39,46-50,70H,8-19,40-45H2,1-6H3,(H,76,77). The van der Waals surface area contributed by atoms with Crippen molar-refractivity contribution in [3.05, 3.63) is 218 Å². The van der Waals surface area contributed by atoms with Crippen LogP contribution in [0.25, 0.3) is 55.4 Å². The number of unbranched alkanes of at least 4 members (excludes halogenated alkanes) is 6. The van der Waals surface area contributed by atoms with E-state index in [-0.39, 0.29) is 27.9 Å². The molecule has 0 radical (unpaired) electrons. The van der Waals surface area contributed by atoms with Crippen LogP contribution in [-0.4, -0.2) is 11.1 Å². The van der Waals surface area contributed by atoms with E-state index in [9.17, 15) is 9.90 Å². The van der Waals surface area contributed by atoms with Crippen molar-refractivity contribution in [1.29, 1.82) is 0 Å². The van der Waals surface area contributed by atoms with E-state index < -0.39 is 5.97 Å². The average Bonchev–Trinajstić information content (AvgIpc) is 4.19. The summed E-state index contributed by atoms with van der Waals surface area (Å²) in [6.07, 6.45) is 22.4. The van der Waals surface area contributed by atoms with E-state index in [1.54, 1.807) is 0 Å². The van der Waals surface area contributed by atoms with Gasteiger partial charge in [0, 0.05) is 22.2 Å². The van der Waals surface area contributed by atoms with E-state index in [0.29, 0.717) is 5.56 Å². The summed E-state index contributed by atoms with van der Waals surface area (Å²) >= 11 is 0. The number of rotatable bonds is 24. The molecule has 0 heterocycles. The number of benzene rings is 7. The molecule has 3 nitrogen and oxygen atoms in total. The van der Waals surface area contributed by atoms with Gasteiger partial charge in [-0.05, 0) is 151 Å². The molecule has 7 aromatic rings. The molecule has 77 heavy (non-hydrogen) atoms. The molecule has 3 heteroatoms. The number of carboxylic acids is 1. The van der Waals surface area contributed by atoms with Crippen molar-refractivity contribution in [2.45, 2.75) is 179 Å². The molecule has 0 saturated heterocycles. The fraction of sp³-hybridized carbons (Fsp3) is 0.378. The molecule has 0 atom stereocenters. The average molecular weight is 1020 g/mol. The first-order chi connectivity index (χ1) is 37.6. The van der Waals surface area contributed by atoms with Crippen LogP contribution in [0.2, 0.25) is 0 Å². The Kier molecular flexibility index (Phi) is 16.1. The predicted molar refractivity (Wildman–Crippen MR) is 324 cm³/mol. The first kappa shape index (κ1) is 53.6. The Hall–Kier alpha value is -6.76. The second kappa shape index (κ2) is 23.1. The van der Waals surface area contributed by atoms with Gasteiger partial charge in [-0.25, -0.2) is 4.85 Å². The van der Waals surface area contributed by atoms with Crippen molar-refractivity contribution < 1.29 is 9.90 Å². The van der Waals surface area contributed by atoms with Gasteiger partial charge in [0.2, 0.25) is 0 Å². The number of hydrogen-bond acceptors (Lipinski definition) is 1. The van der Waals surface area contributed by atoms with Crippen molar-refractivity contribution in [3.63, 3.8) is 0 Å². The predicted octanol–water partition coefficient (Wildman–Crippen LogP) is 20.8. The van der Waals surface area contributed by atoms with E-state index in [4.69, 9.17) is 6.57 Å². The van der Waals surface area contributed by atoms with Crippen LogP contribution in [0.4, 0.5) is 0 Å². The van der Waals surface area contributed by atoms with Gasteiger partial charge in [0.25, 0.3) is 5.70 Å². The lowest BCUT2D eigenvalue weighted by Crippen LogP contribution is -2.26. The number of fused-ring (bicyclic) bond motifs is 9. The largest absolute Gasteiger partial charge is 0.486 e. The Morgan fingerprint density at radius 2 is 0.753 bits per heavy atom. The van der Waals surface area contributed by atoms with Crippen LogP contribution in [0.5, 0.6) is 0 Å². The Bertz CT molecular complexity index is 3200. The Balaban J connectivity index is 1.19. The maximum atomic E-state index is 11.7. The maximum Gasteiger partial charge on any atom is 0.333 e. The fourth-order valence-corrected chi connectivity index (χ4v) is 14.7. The molecule has 0 spiro atoms. The third kappa shape index (κ3) is 9.53. The fourth-order valence-electron chi connectivity index (χ4n) is 14.7. The van der Waals surface area contributed by atoms with Crippen molar-refractivity contribution in [3.8, 4) is 44.5 Å². The summed E-state index contributed by atoms with van der Waals surface area (Å²) in [4.78, 5) is 14.9. The highest BCUT2D eigenvalue weighted by Gasteiger charge is 2.46. The zero-order chi connectivity index (χ0) is 53.7. The van der Waals surface area contributed by atoms with Crippen molar-refractivity contribution in [2.24, 2.45) is 0 Å². The second-order valence-electron chi connectivity index (χ2n) is 23.1. The molecular weight excluding hydrogens is 935 g/mol. The number of nitrogens with zero attached hydrogens (tertiary/aromatic N) is 1. The molecule has 1 N–H and O–H groups in total. The number of hydrogen-bond donors (Lipinski definition) is 1. The lowest BCUT2D eigenvalue weighted by molar-refractivity contribution is -0.132. The lowest BCUT2D eigenvalue weighted by atomic mass is 9.68. The molecule has 0 aliphatic heterocycles. The summed E-state index contributed by atoms with van der Waals surface area (Å²) in [5.41, 5.74) is 24.1. The van der Waals surface area contributed by atoms with E-state index in [1.165, 1.54) is 167 Å². The summed E-state index contributed by atoms with van der Waals surface area (Å²) in [6, 6.07) is 57.1. The zero-order valence-electron chi connectivity index (χ0n) is 47.0. The van der Waals surface area contributed by atoms with Crippen LogP contribution in [-0.2, 0) is 21.0 Å². The SMILES string of the molecule is [C-]#[N+]C(=Cc1ccc(-c2ccc3c(c2)C(CCCC)(CCCC)c2cc(C(c4ccc5c(c4)C(CCCC)(CCCC)c4ccccc4-5)c4ccc5c(c4)C(CCCC)(CCCC)c4ccccc4-5)ccc2-3)cc1)C(=O)O. The first-order valence-electron chi connectivity index (χ1n) is 29.9. The quantitative estimate of drug-likeness (QED) is 0.0372. The van der Waals surface area contributed by atoms with Crippen LogP contribution in [0.1, 0.15) is 219 Å². The molecule has 0 amide bonds. The molecule has 7 aromatic carbocycles. The minimum atomic E-state index is -1.21. The summed E-state index contributed by atoms with van der Waals surface area (Å²) in [7, 11) is 0. The van der Waals surface area contributed by atoms with Gasteiger partial charge in [0.1, 0.15) is 0 Å². The molecule has 0 saturated carbocycles. The second-order valence-corrected chi connectivity index (χ2v) is 23.1. The van der Waals surface area contributed by atoms with Crippen LogP contribution in [0.3, 0.4) is 0 Å². The smallest absolute Gasteiger partial charge is 0.333 e. The van der Waals surface area contributed by atoms with Crippen molar-refractivity contribution in [1.82, 2.24) is 0 Å². The van der Waals surface area contributed by atoms with Crippen LogP contribution < -0.4 is 0 Å². The van der Waals surface area contributed by atoms with Crippen LogP contribution >= 0.6 is 0 Å². The minimum Gasteiger partial charge on any atom is -0.486 e. The molecule has 0 bridgehead atoms. The van der Waals surface area contributed by atoms with Crippen LogP contribution in [0, 0.1) is 6.57 Å². The molecule has 0 aromatic heterocycles. The highest BCUT2D eigenvalue weighted by atomic mass is 16.4. The summed E-state index contributed by atoms with van der Waals surface area (Å²) in [5.74, 6) is -1.19. The van der Waals surface area contributed by atoms with E-state index in [2.05, 4.69) is 180 Å². The number of carbonyl (C=O) groups is 1. The molecule has 0 unspecified atom stereocenters. The van der Waals surface area contributed by atoms with Gasteiger partial charge >= 0.3 is 5.97 Å². The molecule has 3 aliphatic carbocycles. The van der Waals surface area contributed by atoms with Gasteiger partial charge in [-0.3, -0.25) is 4.79 Å². The van der Waals surface area contributed by atoms with Crippen molar-refractivity contribution in [2.75, 3.05) is 0 Å². The highest BCUT2D eigenvalue weighted by Crippen LogP contribution is 2.59. The number of carboxylic acid groups (broad SMARTS) is 1. The topological polar surface area (TPSA) is 41.7 Å². The van der Waals surface area contributed by atoms with E-state index in [0.717, 1.165) is 49.7 Å². The third-order valence-corrected chi connectivity index (χ3v) is 18.6. The monoisotopic (exact) mass is 1020 g/mol. The minimum absolute atomic E-state index is 0.0137. The van der Waals surface area contributed by atoms with Gasteiger partial charge in [0.15, 0.2) is 0 Å². The van der Waals surface area contributed by atoms with Gasteiger partial charge in [0.05, 0.1) is 6.57 Å². The molecule has 3 aliphatic rings. The summed E-state index contributed by atoms with van der Waals surface area (Å²) in [6.45, 7) is 21.5. The summed E-state index contributed by atoms with van der Waals surface area (Å²) in [5, 5.41) is 9.55. The van der Waals surface area contributed by atoms with E-state index in [1.807, 2.05) is 12.1 Å². The van der Waals surface area contributed by atoms with Gasteiger partial charge in [-0.1, -0.05) is 258 Å². The lowest BCUT2D eigenvalue weighted by Gasteiger charge is -2.35. The third-order valence-electron chi connectivity index (χ3n) is 18.6. The molecular formula is C74H81NO2. The molecule has 394 valence electrons. The van der Waals surface area contributed by atoms with Gasteiger partial charge in [-0.2, -0.15) is 0 Å². The van der Waals surface area contributed by atoms with Crippen molar-refractivity contribution >= 4 is 12.0 Å². The van der Waals surface area contributed by atoms with Gasteiger partial charge < -0.3 is 5.11 Å². The molecule has 0 fully saturated rings. The maximum absolute atomic E-state index is 11.7. The normalized spacial score (nSPS) is 14.9. The Labute approximate surface area is 461 Å². The van der Waals surface area contributed by atoms with Crippen LogP contribution in [0.15, 0.2) is 151 Å². The Morgan fingerprint density at radius 1 is 0.429 bits per heavy atom. The Morgan fingerprint density at radius 3 is 1.12 bits per heavy atom. The highest BCUT2D eigenvalue weighted by molar-refractivity contribution is 5.94. The zero-order valence-corrected chi connectivity index (χ0v) is 47.0.